The topological polar surface area (TPSA) is 12.9 Å². The van der Waals surface area contributed by atoms with Crippen molar-refractivity contribution >= 4 is 11.6 Å². The Labute approximate surface area is 96.2 Å². The molecule has 1 aliphatic carbocycles. The summed E-state index contributed by atoms with van der Waals surface area (Å²) in [6.07, 6.45) is 7.48. The van der Waals surface area contributed by atoms with Gasteiger partial charge in [0.1, 0.15) is 0 Å². The van der Waals surface area contributed by atoms with E-state index in [-0.39, 0.29) is 0 Å². The molecule has 1 aromatic heterocycles. The fraction of sp³-hybridized carbons (Fsp3) is 0.462. The largest absolute Gasteiger partial charge is 0.260 e. The highest BCUT2D eigenvalue weighted by atomic mass is 35.5. The zero-order valence-corrected chi connectivity index (χ0v) is 9.80. The van der Waals surface area contributed by atoms with E-state index in [9.17, 15) is 0 Å². The number of hydrogen-bond donors (Lipinski definition) is 0. The first-order valence-electron chi connectivity index (χ1n) is 5.49. The van der Waals surface area contributed by atoms with Crippen LogP contribution in [0.4, 0.5) is 0 Å². The molecule has 0 spiro atoms. The summed E-state index contributed by atoms with van der Waals surface area (Å²) in [5.74, 6) is 1.24. The number of nitrogens with zero attached hydrogens (tertiary/aromatic N) is 1. The maximum absolute atomic E-state index is 5.69. The second kappa shape index (κ2) is 4.80. The molecule has 1 aliphatic rings. The summed E-state index contributed by atoms with van der Waals surface area (Å²) in [5, 5.41) is 0. The van der Waals surface area contributed by atoms with Crippen molar-refractivity contribution in [3.8, 4) is 0 Å². The highest BCUT2D eigenvalue weighted by Crippen LogP contribution is 2.36. The van der Waals surface area contributed by atoms with Gasteiger partial charge in [-0.1, -0.05) is 17.7 Å². The average Bonchev–Trinajstić information content (AvgIpc) is 2.69. The Bertz CT molecular complexity index is 371. The van der Waals surface area contributed by atoms with E-state index in [0.717, 1.165) is 6.42 Å². The zero-order chi connectivity index (χ0) is 10.7. The summed E-state index contributed by atoms with van der Waals surface area (Å²) < 4.78 is 0. The molecule has 1 atom stereocenters. The molecule has 0 bridgehead atoms. The number of pyridine rings is 1. The third-order valence-corrected chi connectivity index (χ3v) is 3.30. The number of hydrogen-bond acceptors (Lipinski definition) is 1. The molecule has 0 saturated carbocycles. The Balaban J connectivity index is 2.20. The van der Waals surface area contributed by atoms with E-state index in [0.29, 0.717) is 11.8 Å². The van der Waals surface area contributed by atoms with Gasteiger partial charge in [0.25, 0.3) is 0 Å². The van der Waals surface area contributed by atoms with Crippen molar-refractivity contribution in [1.29, 1.82) is 0 Å². The van der Waals surface area contributed by atoms with Crippen LogP contribution in [0.5, 0.6) is 0 Å². The van der Waals surface area contributed by atoms with Crippen LogP contribution in [0.3, 0.4) is 0 Å². The van der Waals surface area contributed by atoms with Crippen molar-refractivity contribution in [2.75, 3.05) is 5.88 Å². The maximum Gasteiger partial charge on any atom is 0.0506 e. The van der Waals surface area contributed by atoms with Gasteiger partial charge in [-0.15, -0.1) is 11.6 Å². The minimum Gasteiger partial charge on any atom is -0.260 e. The number of halogens is 1. The number of aromatic nitrogens is 1. The predicted octanol–water partition coefficient (Wildman–Crippen LogP) is 3.69. The van der Waals surface area contributed by atoms with E-state index in [4.69, 9.17) is 11.6 Å². The summed E-state index contributed by atoms with van der Waals surface area (Å²) >= 11 is 5.69. The summed E-state index contributed by atoms with van der Waals surface area (Å²) in [6.45, 7) is 2.20. The monoisotopic (exact) mass is 221 g/mol. The van der Waals surface area contributed by atoms with Crippen LogP contribution >= 0.6 is 11.6 Å². The van der Waals surface area contributed by atoms with E-state index in [1.807, 2.05) is 12.3 Å². The van der Waals surface area contributed by atoms with Crippen LogP contribution in [0.2, 0.25) is 0 Å². The van der Waals surface area contributed by atoms with Crippen LogP contribution in [-0.2, 0) is 6.42 Å². The van der Waals surface area contributed by atoms with Crippen LogP contribution in [0, 0.1) is 0 Å². The van der Waals surface area contributed by atoms with Crippen molar-refractivity contribution in [3.63, 3.8) is 0 Å². The minimum absolute atomic E-state index is 0.532. The molecule has 0 fully saturated rings. The van der Waals surface area contributed by atoms with Crippen molar-refractivity contribution < 1.29 is 0 Å². The van der Waals surface area contributed by atoms with Gasteiger partial charge in [0.2, 0.25) is 0 Å². The minimum atomic E-state index is 0.532. The van der Waals surface area contributed by atoms with Crippen LogP contribution in [0.15, 0.2) is 30.0 Å². The molecular weight excluding hydrogens is 206 g/mol. The Hall–Kier alpha value is -0.820. The number of alkyl halides is 1. The molecule has 0 N–H and O–H groups in total. The van der Waals surface area contributed by atoms with Gasteiger partial charge in [-0.3, -0.25) is 4.98 Å². The molecule has 1 unspecified atom stereocenters. The molecule has 1 aromatic rings. The number of aryl methyl sites for hydroxylation is 1. The van der Waals surface area contributed by atoms with E-state index in [1.54, 1.807) is 0 Å². The fourth-order valence-electron chi connectivity index (χ4n) is 2.28. The molecule has 0 amide bonds. The van der Waals surface area contributed by atoms with Gasteiger partial charge < -0.3 is 0 Å². The van der Waals surface area contributed by atoms with Gasteiger partial charge in [0.05, 0.1) is 5.69 Å². The molecule has 80 valence electrons. The second-order valence-corrected chi connectivity index (χ2v) is 4.44. The highest BCUT2D eigenvalue weighted by Gasteiger charge is 2.24. The fourth-order valence-corrected chi connectivity index (χ4v) is 2.39. The SMILES string of the molecule is C/C(=C/CCCl)C1CCc2cccnc21. The molecule has 0 radical (unpaired) electrons. The molecular formula is C13H16ClN. The van der Waals surface area contributed by atoms with Crippen molar-refractivity contribution in [2.24, 2.45) is 0 Å². The first-order chi connectivity index (χ1) is 7.33. The van der Waals surface area contributed by atoms with Crippen molar-refractivity contribution in [2.45, 2.75) is 32.1 Å². The third-order valence-electron chi connectivity index (χ3n) is 3.08. The lowest BCUT2D eigenvalue weighted by atomic mass is 9.97. The Morgan fingerprint density at radius 1 is 1.67 bits per heavy atom. The van der Waals surface area contributed by atoms with E-state index >= 15 is 0 Å². The average molecular weight is 222 g/mol. The first kappa shape index (κ1) is 10.7. The van der Waals surface area contributed by atoms with Gasteiger partial charge in [0, 0.05) is 18.0 Å². The van der Waals surface area contributed by atoms with E-state index < -0.39 is 0 Å². The first-order valence-corrected chi connectivity index (χ1v) is 6.03. The molecule has 1 heterocycles. The van der Waals surface area contributed by atoms with Crippen LogP contribution < -0.4 is 0 Å². The van der Waals surface area contributed by atoms with Gasteiger partial charge in [0.15, 0.2) is 0 Å². The third kappa shape index (κ3) is 2.23. The Kier molecular flexibility index (Phi) is 3.42. The van der Waals surface area contributed by atoms with E-state index in [2.05, 4.69) is 24.1 Å². The Morgan fingerprint density at radius 2 is 2.53 bits per heavy atom. The smallest absolute Gasteiger partial charge is 0.0506 e. The van der Waals surface area contributed by atoms with Crippen molar-refractivity contribution in [1.82, 2.24) is 4.98 Å². The second-order valence-electron chi connectivity index (χ2n) is 4.06. The Morgan fingerprint density at radius 3 is 3.33 bits per heavy atom. The molecule has 15 heavy (non-hydrogen) atoms. The summed E-state index contributed by atoms with van der Waals surface area (Å²) in [7, 11) is 0. The number of allylic oxidation sites excluding steroid dienone is 2. The quantitative estimate of drug-likeness (QED) is 0.561. The molecule has 0 saturated heterocycles. The van der Waals surface area contributed by atoms with Crippen molar-refractivity contribution in [3.05, 3.63) is 41.2 Å². The molecule has 2 rings (SSSR count). The van der Waals surface area contributed by atoms with Gasteiger partial charge >= 0.3 is 0 Å². The number of fused-ring (bicyclic) bond motifs is 1. The lowest BCUT2D eigenvalue weighted by Gasteiger charge is -2.11. The lowest BCUT2D eigenvalue weighted by Crippen LogP contribution is -1.98. The van der Waals surface area contributed by atoms with Gasteiger partial charge in [-0.05, 0) is 37.8 Å². The highest BCUT2D eigenvalue weighted by molar-refractivity contribution is 6.17. The lowest BCUT2D eigenvalue weighted by molar-refractivity contribution is 0.751. The van der Waals surface area contributed by atoms with E-state index in [1.165, 1.54) is 29.7 Å². The molecule has 0 aromatic carbocycles. The number of rotatable bonds is 3. The maximum atomic E-state index is 5.69. The standard InChI is InChI=1S/C13H16ClN/c1-10(4-2-8-14)12-7-6-11-5-3-9-15-13(11)12/h3-5,9,12H,2,6-8H2,1H3/b10-4-. The zero-order valence-electron chi connectivity index (χ0n) is 9.04. The summed E-state index contributed by atoms with van der Waals surface area (Å²) in [5.41, 5.74) is 4.12. The van der Waals surface area contributed by atoms with Gasteiger partial charge in [-0.2, -0.15) is 0 Å². The molecule has 2 heteroatoms. The van der Waals surface area contributed by atoms with Crippen LogP contribution in [-0.4, -0.2) is 10.9 Å². The van der Waals surface area contributed by atoms with Crippen LogP contribution in [0.1, 0.15) is 36.9 Å². The predicted molar refractivity (Wildman–Crippen MR) is 64.4 cm³/mol. The summed E-state index contributed by atoms with van der Waals surface area (Å²) in [6, 6.07) is 4.22. The van der Waals surface area contributed by atoms with Gasteiger partial charge in [-0.25, -0.2) is 0 Å². The normalized spacial score (nSPS) is 20.4. The van der Waals surface area contributed by atoms with Crippen LogP contribution in [0.25, 0.3) is 0 Å². The molecule has 0 aliphatic heterocycles. The summed E-state index contributed by atoms with van der Waals surface area (Å²) in [4.78, 5) is 4.50. The molecule has 1 nitrogen and oxygen atoms in total.